The van der Waals surface area contributed by atoms with Crippen LogP contribution in [0.1, 0.15) is 6.42 Å². The molecule has 2 fully saturated rings. The zero-order chi connectivity index (χ0) is 15.9. The van der Waals surface area contributed by atoms with Gasteiger partial charge in [-0.05, 0) is 6.07 Å². The van der Waals surface area contributed by atoms with Crippen LogP contribution in [-0.4, -0.2) is 74.6 Å². The first-order valence-corrected chi connectivity index (χ1v) is 8.08. The number of aliphatic imine (C=N–C) groups is 1. The summed E-state index contributed by atoms with van der Waals surface area (Å²) in [5, 5.41) is 3.37. The second kappa shape index (κ2) is 10.00. The van der Waals surface area contributed by atoms with Crippen LogP contribution in [0.5, 0.6) is 5.88 Å². The van der Waals surface area contributed by atoms with E-state index in [1.165, 1.54) is 0 Å². The van der Waals surface area contributed by atoms with Gasteiger partial charge in [0.1, 0.15) is 6.10 Å². The van der Waals surface area contributed by atoms with Crippen molar-refractivity contribution in [2.75, 3.05) is 46.5 Å². The molecule has 0 saturated carbocycles. The van der Waals surface area contributed by atoms with Crippen LogP contribution >= 0.6 is 24.0 Å². The molecule has 0 aromatic carbocycles. The van der Waals surface area contributed by atoms with E-state index in [2.05, 4.69) is 20.2 Å². The molecular weight excluding hydrogens is 423 g/mol. The van der Waals surface area contributed by atoms with Gasteiger partial charge in [0, 0.05) is 38.8 Å². The van der Waals surface area contributed by atoms with Crippen LogP contribution in [0.15, 0.2) is 29.4 Å². The minimum Gasteiger partial charge on any atom is -0.472 e. The first-order chi connectivity index (χ1) is 11.3. The van der Waals surface area contributed by atoms with Crippen molar-refractivity contribution in [3.8, 4) is 5.88 Å². The Morgan fingerprint density at radius 3 is 3.08 bits per heavy atom. The summed E-state index contributed by atoms with van der Waals surface area (Å²) in [4.78, 5) is 10.8. The van der Waals surface area contributed by atoms with Crippen LogP contribution in [-0.2, 0) is 9.47 Å². The van der Waals surface area contributed by atoms with Crippen LogP contribution in [0, 0.1) is 0 Å². The number of guanidine groups is 1. The van der Waals surface area contributed by atoms with Crippen molar-refractivity contribution < 1.29 is 14.2 Å². The van der Waals surface area contributed by atoms with Gasteiger partial charge in [0.05, 0.1) is 32.5 Å². The molecule has 7 nitrogen and oxygen atoms in total. The molecule has 3 rings (SSSR count). The molecule has 0 spiro atoms. The Kier molecular flexibility index (Phi) is 8.00. The third-order valence-electron chi connectivity index (χ3n) is 3.95. The van der Waals surface area contributed by atoms with Gasteiger partial charge in [-0.2, -0.15) is 0 Å². The van der Waals surface area contributed by atoms with Crippen molar-refractivity contribution in [3.05, 3.63) is 24.4 Å². The van der Waals surface area contributed by atoms with E-state index >= 15 is 0 Å². The number of likely N-dealkylation sites (tertiary alicyclic amines) is 1. The van der Waals surface area contributed by atoms with E-state index in [0.29, 0.717) is 32.2 Å². The molecule has 0 radical (unpaired) electrons. The maximum atomic E-state index is 5.91. The highest BCUT2D eigenvalue weighted by atomic mass is 127. The number of hydrogen-bond donors (Lipinski definition) is 1. The van der Waals surface area contributed by atoms with Gasteiger partial charge < -0.3 is 24.4 Å². The lowest BCUT2D eigenvalue weighted by Gasteiger charge is -2.26. The van der Waals surface area contributed by atoms with Gasteiger partial charge in [-0.3, -0.25) is 4.99 Å². The molecule has 2 aliphatic heterocycles. The molecule has 3 heterocycles. The Labute approximate surface area is 159 Å². The molecule has 24 heavy (non-hydrogen) atoms. The standard InChI is InChI=1S/C16H24N4O3.HI/c1-17-16(19-10-14-12-21-8-9-22-14)20-7-5-13(11-20)23-15-4-2-3-6-18-15;/h2-4,6,13-14H,5,7-12H2,1H3,(H,17,19);1H. The van der Waals surface area contributed by atoms with Crippen LogP contribution < -0.4 is 10.1 Å². The van der Waals surface area contributed by atoms with Crippen molar-refractivity contribution in [3.63, 3.8) is 0 Å². The third kappa shape index (κ3) is 5.45. The SMILES string of the molecule is CN=C(NCC1COCCO1)N1CCC(Oc2ccccn2)C1.I. The molecule has 0 bridgehead atoms. The molecule has 8 heteroatoms. The highest BCUT2D eigenvalue weighted by Gasteiger charge is 2.27. The second-order valence-corrected chi connectivity index (χ2v) is 5.64. The summed E-state index contributed by atoms with van der Waals surface area (Å²) in [6.45, 7) is 4.40. The number of ether oxygens (including phenoxy) is 3. The molecule has 2 atom stereocenters. The molecule has 2 saturated heterocycles. The van der Waals surface area contributed by atoms with Gasteiger partial charge in [-0.25, -0.2) is 4.98 Å². The lowest BCUT2D eigenvalue weighted by Crippen LogP contribution is -2.46. The van der Waals surface area contributed by atoms with Crippen molar-refractivity contribution in [1.82, 2.24) is 15.2 Å². The number of nitrogens with zero attached hydrogens (tertiary/aromatic N) is 3. The largest absolute Gasteiger partial charge is 0.472 e. The van der Waals surface area contributed by atoms with E-state index in [-0.39, 0.29) is 36.2 Å². The molecule has 1 aromatic heterocycles. The number of aromatic nitrogens is 1. The van der Waals surface area contributed by atoms with Gasteiger partial charge in [0.25, 0.3) is 0 Å². The highest BCUT2D eigenvalue weighted by Crippen LogP contribution is 2.16. The van der Waals surface area contributed by atoms with Gasteiger partial charge >= 0.3 is 0 Å². The monoisotopic (exact) mass is 448 g/mol. The maximum absolute atomic E-state index is 5.91. The van der Waals surface area contributed by atoms with E-state index in [1.807, 2.05) is 18.2 Å². The molecule has 2 aliphatic rings. The van der Waals surface area contributed by atoms with E-state index < -0.39 is 0 Å². The van der Waals surface area contributed by atoms with E-state index in [0.717, 1.165) is 25.5 Å². The van der Waals surface area contributed by atoms with Gasteiger partial charge in [-0.1, -0.05) is 6.07 Å². The van der Waals surface area contributed by atoms with Crippen molar-refractivity contribution >= 4 is 29.9 Å². The molecule has 0 aliphatic carbocycles. The number of halogens is 1. The Hall–Kier alpha value is -1.13. The normalized spacial score (nSPS) is 24.4. The van der Waals surface area contributed by atoms with Crippen LogP contribution in [0.3, 0.4) is 0 Å². The van der Waals surface area contributed by atoms with Crippen LogP contribution in [0.2, 0.25) is 0 Å². The molecule has 134 valence electrons. The average Bonchev–Trinajstić information content (AvgIpc) is 3.06. The van der Waals surface area contributed by atoms with Crippen molar-refractivity contribution in [1.29, 1.82) is 0 Å². The fraction of sp³-hybridized carbons (Fsp3) is 0.625. The predicted octanol–water partition coefficient (Wildman–Crippen LogP) is 1.14. The molecule has 1 N–H and O–H groups in total. The maximum Gasteiger partial charge on any atom is 0.213 e. The summed E-state index contributed by atoms with van der Waals surface area (Å²) < 4.78 is 17.0. The first kappa shape index (κ1) is 19.2. The number of nitrogens with one attached hydrogen (secondary N) is 1. The third-order valence-corrected chi connectivity index (χ3v) is 3.95. The molecular formula is C16H25IN4O3. The van der Waals surface area contributed by atoms with E-state index in [1.54, 1.807) is 13.2 Å². The molecule has 0 amide bonds. The zero-order valence-electron chi connectivity index (χ0n) is 13.9. The van der Waals surface area contributed by atoms with Crippen LogP contribution in [0.4, 0.5) is 0 Å². The van der Waals surface area contributed by atoms with E-state index in [9.17, 15) is 0 Å². The summed E-state index contributed by atoms with van der Waals surface area (Å²) in [6.07, 6.45) is 2.93. The minimum absolute atomic E-state index is 0. The lowest BCUT2D eigenvalue weighted by molar-refractivity contribution is -0.0851. The highest BCUT2D eigenvalue weighted by molar-refractivity contribution is 14.0. The second-order valence-electron chi connectivity index (χ2n) is 5.64. The fourth-order valence-electron chi connectivity index (χ4n) is 2.80. The summed E-state index contributed by atoms with van der Waals surface area (Å²) in [5.41, 5.74) is 0. The summed E-state index contributed by atoms with van der Waals surface area (Å²) >= 11 is 0. The smallest absolute Gasteiger partial charge is 0.213 e. The van der Waals surface area contributed by atoms with Crippen molar-refractivity contribution in [2.45, 2.75) is 18.6 Å². The molecule has 2 unspecified atom stereocenters. The van der Waals surface area contributed by atoms with E-state index in [4.69, 9.17) is 14.2 Å². The predicted molar refractivity (Wildman–Crippen MR) is 102 cm³/mol. The number of pyridine rings is 1. The first-order valence-electron chi connectivity index (χ1n) is 8.08. The zero-order valence-corrected chi connectivity index (χ0v) is 16.2. The Morgan fingerprint density at radius 1 is 1.46 bits per heavy atom. The van der Waals surface area contributed by atoms with Crippen molar-refractivity contribution in [2.24, 2.45) is 4.99 Å². The average molecular weight is 448 g/mol. The Bertz CT molecular complexity index is 511. The topological polar surface area (TPSA) is 68.2 Å². The van der Waals surface area contributed by atoms with Gasteiger partial charge in [-0.15, -0.1) is 24.0 Å². The van der Waals surface area contributed by atoms with Gasteiger partial charge in [0.2, 0.25) is 5.88 Å². The summed E-state index contributed by atoms with van der Waals surface area (Å²) in [5.74, 6) is 1.56. The Morgan fingerprint density at radius 2 is 2.38 bits per heavy atom. The van der Waals surface area contributed by atoms with Gasteiger partial charge in [0.15, 0.2) is 5.96 Å². The van der Waals surface area contributed by atoms with Crippen LogP contribution in [0.25, 0.3) is 0 Å². The quantitative estimate of drug-likeness (QED) is 0.424. The summed E-state index contributed by atoms with van der Waals surface area (Å²) in [6, 6.07) is 5.70. The molecule has 1 aromatic rings. The minimum atomic E-state index is 0. The Balaban J connectivity index is 0.00000208. The number of rotatable bonds is 4. The lowest BCUT2D eigenvalue weighted by atomic mass is 10.3. The summed E-state index contributed by atoms with van der Waals surface area (Å²) in [7, 11) is 1.80. The fourth-order valence-corrected chi connectivity index (χ4v) is 2.80. The number of hydrogen-bond acceptors (Lipinski definition) is 5.